The van der Waals surface area contributed by atoms with Crippen molar-refractivity contribution in [3.05, 3.63) is 72.3 Å². The Hall–Kier alpha value is -2.05. The van der Waals surface area contributed by atoms with E-state index in [1.54, 1.807) is 14.0 Å². The van der Waals surface area contributed by atoms with Gasteiger partial charge in [0, 0.05) is 26.1 Å². The number of methoxy groups -OCH3 is 1. The van der Waals surface area contributed by atoms with Crippen LogP contribution < -0.4 is 10.4 Å². The number of carbonyl (C=O) groups excluding carboxylic acids is 1. The first-order valence-corrected chi connectivity index (χ1v) is 13.7. The van der Waals surface area contributed by atoms with Gasteiger partial charge in [-0.05, 0) is 34.0 Å². The van der Waals surface area contributed by atoms with Crippen LogP contribution in [-0.4, -0.2) is 46.6 Å². The molecule has 1 aliphatic heterocycles. The van der Waals surface area contributed by atoms with E-state index in [1.807, 2.05) is 6.08 Å². The lowest BCUT2D eigenvalue weighted by Gasteiger charge is -2.43. The number of hydrogen-bond donors (Lipinski definition) is 0. The molecule has 0 amide bonds. The average molecular weight is 467 g/mol. The fourth-order valence-corrected chi connectivity index (χ4v) is 9.54. The second kappa shape index (κ2) is 10.9. The minimum Gasteiger partial charge on any atom is -0.407 e. The molecule has 0 aliphatic carbocycles. The van der Waals surface area contributed by atoms with E-state index in [0.29, 0.717) is 12.2 Å². The van der Waals surface area contributed by atoms with Gasteiger partial charge in [-0.15, -0.1) is 0 Å². The van der Waals surface area contributed by atoms with Gasteiger partial charge >= 0.3 is 0 Å². The highest BCUT2D eigenvalue weighted by atomic mass is 28.4. The Morgan fingerprint density at radius 1 is 1.09 bits per heavy atom. The van der Waals surface area contributed by atoms with Gasteiger partial charge in [0.2, 0.25) is 0 Å². The first kappa shape index (κ1) is 25.6. The third-order valence-corrected chi connectivity index (χ3v) is 11.7. The zero-order valence-corrected chi connectivity index (χ0v) is 21.8. The third-order valence-electron chi connectivity index (χ3n) is 6.69. The third kappa shape index (κ3) is 5.55. The first-order valence-electron chi connectivity index (χ1n) is 11.8. The van der Waals surface area contributed by atoms with Crippen molar-refractivity contribution >= 4 is 25.0 Å². The van der Waals surface area contributed by atoms with Crippen LogP contribution in [0.5, 0.6) is 0 Å². The molecule has 3 rings (SSSR count). The smallest absolute Gasteiger partial charge is 0.261 e. The summed E-state index contributed by atoms with van der Waals surface area (Å²) < 4.78 is 19.1. The molecule has 0 radical (unpaired) electrons. The molecule has 0 bridgehead atoms. The molecule has 5 heteroatoms. The van der Waals surface area contributed by atoms with Gasteiger partial charge in [-0.3, -0.25) is 4.79 Å². The summed E-state index contributed by atoms with van der Waals surface area (Å²) in [7, 11) is -0.877. The molecule has 4 nitrogen and oxygen atoms in total. The van der Waals surface area contributed by atoms with Crippen LogP contribution in [0.25, 0.3) is 0 Å². The largest absolute Gasteiger partial charge is 0.407 e. The van der Waals surface area contributed by atoms with Crippen LogP contribution in [0.15, 0.2) is 72.3 Å². The topological polar surface area (TPSA) is 44.8 Å². The van der Waals surface area contributed by atoms with Crippen LogP contribution in [0, 0.1) is 5.92 Å². The molecule has 0 N–H and O–H groups in total. The molecular formula is C28H38O4Si. The Morgan fingerprint density at radius 2 is 1.64 bits per heavy atom. The van der Waals surface area contributed by atoms with Crippen LogP contribution in [0.2, 0.25) is 5.04 Å². The summed E-state index contributed by atoms with van der Waals surface area (Å²) in [5.74, 6) is 0.180. The molecule has 1 saturated heterocycles. The van der Waals surface area contributed by atoms with Crippen molar-refractivity contribution in [2.45, 2.75) is 64.4 Å². The van der Waals surface area contributed by atoms with E-state index in [4.69, 9.17) is 13.9 Å². The van der Waals surface area contributed by atoms with E-state index in [2.05, 4.69) is 88.4 Å². The Labute approximate surface area is 200 Å². The highest BCUT2D eigenvalue weighted by Crippen LogP contribution is 2.38. The number of rotatable bonds is 9. The fraction of sp³-hybridized carbons (Fsp3) is 0.464. The molecule has 0 spiro atoms. The van der Waals surface area contributed by atoms with Crippen molar-refractivity contribution in [2.24, 2.45) is 5.92 Å². The number of benzene rings is 2. The van der Waals surface area contributed by atoms with E-state index >= 15 is 0 Å². The quantitative estimate of drug-likeness (QED) is 0.310. The van der Waals surface area contributed by atoms with Crippen molar-refractivity contribution in [3.63, 3.8) is 0 Å². The summed E-state index contributed by atoms with van der Waals surface area (Å²) in [6.07, 6.45) is 3.26. The highest BCUT2D eigenvalue weighted by Gasteiger charge is 2.50. The van der Waals surface area contributed by atoms with E-state index in [0.717, 1.165) is 12.7 Å². The summed E-state index contributed by atoms with van der Waals surface area (Å²) in [4.78, 5) is 11.1. The minimum absolute atomic E-state index is 0.00821. The van der Waals surface area contributed by atoms with Crippen molar-refractivity contribution in [3.8, 4) is 0 Å². The lowest BCUT2D eigenvalue weighted by molar-refractivity contribution is -0.105. The van der Waals surface area contributed by atoms with Crippen LogP contribution in [0.4, 0.5) is 0 Å². The number of ether oxygens (including phenoxy) is 2. The SMILES string of the molecule is CO[C@H]1C[C@H]([C@@H](C)CO[Si](c2ccccc2)(c2ccccc2)C(C)(C)C)O[C@H]1/C=C(/C)C=O. The lowest BCUT2D eigenvalue weighted by Crippen LogP contribution is -2.67. The molecule has 1 fully saturated rings. The summed E-state index contributed by atoms with van der Waals surface area (Å²) in [5, 5.41) is 2.49. The molecule has 178 valence electrons. The van der Waals surface area contributed by atoms with Crippen molar-refractivity contribution in [1.82, 2.24) is 0 Å². The molecule has 2 aromatic carbocycles. The first-order chi connectivity index (χ1) is 15.7. The fourth-order valence-electron chi connectivity index (χ4n) is 4.88. The number of hydrogen-bond acceptors (Lipinski definition) is 4. The summed E-state index contributed by atoms with van der Waals surface area (Å²) in [6, 6.07) is 21.4. The zero-order valence-electron chi connectivity index (χ0n) is 20.8. The number of allylic oxidation sites excluding steroid dienone is 1. The predicted molar refractivity (Wildman–Crippen MR) is 137 cm³/mol. The van der Waals surface area contributed by atoms with Gasteiger partial charge in [0.05, 0.1) is 12.2 Å². The normalized spacial score (nSPS) is 22.8. The maximum absolute atomic E-state index is 11.1. The highest BCUT2D eigenvalue weighted by molar-refractivity contribution is 6.99. The zero-order chi connectivity index (χ0) is 24.1. The van der Waals surface area contributed by atoms with Crippen LogP contribution in [0.3, 0.4) is 0 Å². The summed E-state index contributed by atoms with van der Waals surface area (Å²) >= 11 is 0. The second-order valence-electron chi connectivity index (χ2n) is 10.1. The predicted octanol–water partition coefficient (Wildman–Crippen LogP) is 4.52. The van der Waals surface area contributed by atoms with Crippen LogP contribution in [0.1, 0.15) is 41.0 Å². The average Bonchev–Trinajstić information content (AvgIpc) is 3.22. The molecule has 0 unspecified atom stereocenters. The Bertz CT molecular complexity index is 880. The van der Waals surface area contributed by atoms with E-state index in [1.165, 1.54) is 10.4 Å². The van der Waals surface area contributed by atoms with E-state index in [9.17, 15) is 4.79 Å². The van der Waals surface area contributed by atoms with E-state index < -0.39 is 8.32 Å². The van der Waals surface area contributed by atoms with Gasteiger partial charge in [-0.1, -0.05) is 88.4 Å². The monoisotopic (exact) mass is 466 g/mol. The molecule has 0 saturated carbocycles. The second-order valence-corrected chi connectivity index (χ2v) is 14.4. The number of carbonyl (C=O) groups is 1. The Balaban J connectivity index is 1.88. The van der Waals surface area contributed by atoms with Gasteiger partial charge in [-0.25, -0.2) is 0 Å². The van der Waals surface area contributed by atoms with Gasteiger partial charge in [-0.2, -0.15) is 0 Å². The standard InChI is InChI=1S/C28H38O4Si/c1-21(19-29)17-27-26(30-6)18-25(32-27)22(2)20-31-33(28(3,4)5,23-13-9-7-10-14-23)24-15-11-8-12-16-24/h7-17,19,22,25-27H,18,20H2,1-6H3/b21-17-/t22-,25+,26-,27-/m0/s1. The molecule has 1 heterocycles. The molecule has 33 heavy (non-hydrogen) atoms. The van der Waals surface area contributed by atoms with Gasteiger partial charge < -0.3 is 13.9 Å². The van der Waals surface area contributed by atoms with Crippen LogP contribution in [-0.2, 0) is 18.7 Å². The lowest BCUT2D eigenvalue weighted by atomic mass is 10.0. The van der Waals surface area contributed by atoms with E-state index in [-0.39, 0.29) is 29.3 Å². The minimum atomic E-state index is -2.58. The molecule has 0 aromatic heterocycles. The van der Waals surface area contributed by atoms with Crippen LogP contribution >= 0.6 is 0 Å². The van der Waals surface area contributed by atoms with Crippen molar-refractivity contribution in [2.75, 3.05) is 13.7 Å². The van der Waals surface area contributed by atoms with Crippen molar-refractivity contribution in [1.29, 1.82) is 0 Å². The van der Waals surface area contributed by atoms with Crippen molar-refractivity contribution < 1.29 is 18.7 Å². The summed E-state index contributed by atoms with van der Waals surface area (Å²) in [6.45, 7) is 11.5. The molecular weight excluding hydrogens is 428 g/mol. The Morgan fingerprint density at radius 3 is 2.09 bits per heavy atom. The maximum atomic E-state index is 11.1. The van der Waals surface area contributed by atoms with Gasteiger partial charge in [0.1, 0.15) is 12.4 Å². The van der Waals surface area contributed by atoms with Gasteiger partial charge in [0.25, 0.3) is 8.32 Å². The molecule has 1 aliphatic rings. The number of aldehydes is 1. The van der Waals surface area contributed by atoms with Gasteiger partial charge in [0.15, 0.2) is 0 Å². The molecule has 2 aromatic rings. The maximum Gasteiger partial charge on any atom is 0.261 e. The molecule has 4 atom stereocenters. The summed E-state index contributed by atoms with van der Waals surface area (Å²) in [5.41, 5.74) is 0.666. The Kier molecular flexibility index (Phi) is 8.46.